The van der Waals surface area contributed by atoms with Crippen molar-refractivity contribution in [1.82, 2.24) is 15.1 Å². The molecule has 2 N–H and O–H groups in total. The van der Waals surface area contributed by atoms with Gasteiger partial charge < -0.3 is 15.3 Å². The topological polar surface area (TPSA) is 72.9 Å². The predicted molar refractivity (Wildman–Crippen MR) is 95.2 cm³/mol. The Bertz CT molecular complexity index is 593. The molecule has 1 aromatic carbocycles. The Kier molecular flexibility index (Phi) is 5.58. The summed E-state index contributed by atoms with van der Waals surface area (Å²) >= 11 is 0. The van der Waals surface area contributed by atoms with Crippen LogP contribution in [0.3, 0.4) is 0 Å². The Balaban J connectivity index is 1.37. The molecule has 2 amide bonds. The van der Waals surface area contributed by atoms with Crippen LogP contribution < -0.4 is 5.32 Å². The SMILES string of the molecule is CN(Cc1ccccc1)C1CN(C(=O)NC2CCC(C(=O)O)CC2)C1. The number of carboxylic acids is 1. The third-order valence-corrected chi connectivity index (χ3v) is 5.45. The number of nitrogens with one attached hydrogen (secondary N) is 1. The van der Waals surface area contributed by atoms with E-state index in [4.69, 9.17) is 5.11 Å². The highest BCUT2D eigenvalue weighted by molar-refractivity contribution is 5.75. The number of likely N-dealkylation sites (tertiary alicyclic amines) is 1. The minimum atomic E-state index is -0.711. The van der Waals surface area contributed by atoms with Gasteiger partial charge in [-0.15, -0.1) is 0 Å². The zero-order chi connectivity index (χ0) is 17.8. The van der Waals surface area contributed by atoms with E-state index in [9.17, 15) is 9.59 Å². The Morgan fingerprint density at radius 3 is 2.40 bits per heavy atom. The predicted octanol–water partition coefficient (Wildman–Crippen LogP) is 2.16. The lowest BCUT2D eigenvalue weighted by atomic mass is 9.86. The molecule has 3 rings (SSSR count). The van der Waals surface area contributed by atoms with Crippen molar-refractivity contribution in [3.8, 4) is 0 Å². The average Bonchev–Trinajstić information content (AvgIpc) is 2.54. The van der Waals surface area contributed by atoms with Crippen molar-refractivity contribution < 1.29 is 14.7 Å². The van der Waals surface area contributed by atoms with Crippen LogP contribution in [0.2, 0.25) is 0 Å². The molecule has 2 aliphatic rings. The van der Waals surface area contributed by atoms with E-state index >= 15 is 0 Å². The monoisotopic (exact) mass is 345 g/mol. The maximum atomic E-state index is 12.3. The van der Waals surface area contributed by atoms with Crippen LogP contribution in [0, 0.1) is 5.92 Å². The van der Waals surface area contributed by atoms with Gasteiger partial charge in [0.15, 0.2) is 0 Å². The summed E-state index contributed by atoms with van der Waals surface area (Å²) in [6.07, 6.45) is 2.83. The fraction of sp³-hybridized carbons (Fsp3) is 0.579. The second kappa shape index (κ2) is 7.87. The normalized spacial score (nSPS) is 24.0. The van der Waals surface area contributed by atoms with Gasteiger partial charge in [-0.05, 0) is 38.3 Å². The van der Waals surface area contributed by atoms with E-state index in [1.165, 1.54) is 5.56 Å². The van der Waals surface area contributed by atoms with Gasteiger partial charge in [0.1, 0.15) is 0 Å². The molecule has 2 fully saturated rings. The number of amides is 2. The van der Waals surface area contributed by atoms with Gasteiger partial charge >= 0.3 is 12.0 Å². The van der Waals surface area contributed by atoms with E-state index in [1.807, 2.05) is 23.1 Å². The molecule has 0 radical (unpaired) electrons. The van der Waals surface area contributed by atoms with Gasteiger partial charge in [0.25, 0.3) is 0 Å². The average molecular weight is 345 g/mol. The number of benzene rings is 1. The molecule has 1 aliphatic heterocycles. The van der Waals surface area contributed by atoms with E-state index < -0.39 is 5.97 Å². The fourth-order valence-electron chi connectivity index (χ4n) is 3.65. The molecular formula is C19H27N3O3. The number of urea groups is 1. The molecule has 1 saturated heterocycles. The summed E-state index contributed by atoms with van der Waals surface area (Å²) in [5, 5.41) is 12.1. The smallest absolute Gasteiger partial charge is 0.317 e. The van der Waals surface area contributed by atoms with Crippen LogP contribution in [-0.2, 0) is 11.3 Å². The fourth-order valence-corrected chi connectivity index (χ4v) is 3.65. The number of carbonyl (C=O) groups excluding carboxylic acids is 1. The zero-order valence-electron chi connectivity index (χ0n) is 14.7. The molecule has 1 heterocycles. The second-order valence-electron chi connectivity index (χ2n) is 7.30. The van der Waals surface area contributed by atoms with E-state index in [-0.39, 0.29) is 18.0 Å². The van der Waals surface area contributed by atoms with Crippen molar-refractivity contribution in [3.63, 3.8) is 0 Å². The first-order valence-corrected chi connectivity index (χ1v) is 9.05. The van der Waals surface area contributed by atoms with Crippen LogP contribution in [0.25, 0.3) is 0 Å². The van der Waals surface area contributed by atoms with E-state index in [1.54, 1.807) is 0 Å². The highest BCUT2D eigenvalue weighted by atomic mass is 16.4. The van der Waals surface area contributed by atoms with Crippen LogP contribution >= 0.6 is 0 Å². The molecule has 0 bridgehead atoms. The zero-order valence-corrected chi connectivity index (χ0v) is 14.7. The van der Waals surface area contributed by atoms with Gasteiger partial charge in [0.2, 0.25) is 0 Å². The summed E-state index contributed by atoms with van der Waals surface area (Å²) in [7, 11) is 2.10. The Hall–Kier alpha value is -2.08. The third-order valence-electron chi connectivity index (χ3n) is 5.45. The first-order chi connectivity index (χ1) is 12.0. The van der Waals surface area contributed by atoms with Crippen molar-refractivity contribution in [2.24, 2.45) is 5.92 Å². The number of hydrogen-bond acceptors (Lipinski definition) is 3. The van der Waals surface area contributed by atoms with Crippen molar-refractivity contribution in [2.75, 3.05) is 20.1 Å². The molecule has 0 atom stereocenters. The first kappa shape index (κ1) is 17.7. The largest absolute Gasteiger partial charge is 0.481 e. The molecule has 1 saturated carbocycles. The Labute approximate surface area is 148 Å². The molecule has 1 aromatic rings. The molecule has 6 heteroatoms. The first-order valence-electron chi connectivity index (χ1n) is 9.05. The van der Waals surface area contributed by atoms with Gasteiger partial charge in [0.05, 0.1) is 5.92 Å². The van der Waals surface area contributed by atoms with E-state index in [0.717, 1.165) is 32.5 Å². The van der Waals surface area contributed by atoms with Crippen LogP contribution in [0.5, 0.6) is 0 Å². The molecule has 0 aromatic heterocycles. The summed E-state index contributed by atoms with van der Waals surface area (Å²) in [4.78, 5) is 27.4. The number of carboxylic acid groups (broad SMARTS) is 1. The van der Waals surface area contributed by atoms with Crippen molar-refractivity contribution in [3.05, 3.63) is 35.9 Å². The lowest BCUT2D eigenvalue weighted by Crippen LogP contribution is -2.62. The molecular weight excluding hydrogens is 318 g/mol. The number of rotatable bonds is 5. The quantitative estimate of drug-likeness (QED) is 0.858. The summed E-state index contributed by atoms with van der Waals surface area (Å²) in [5.74, 6) is -0.954. The number of carbonyl (C=O) groups is 2. The van der Waals surface area contributed by atoms with Crippen LogP contribution in [0.1, 0.15) is 31.2 Å². The van der Waals surface area contributed by atoms with Crippen LogP contribution in [0.4, 0.5) is 4.79 Å². The summed E-state index contributed by atoms with van der Waals surface area (Å²) in [5.41, 5.74) is 1.28. The lowest BCUT2D eigenvalue weighted by Gasteiger charge is -2.44. The van der Waals surface area contributed by atoms with Crippen molar-refractivity contribution >= 4 is 12.0 Å². The molecule has 136 valence electrons. The number of aliphatic carboxylic acids is 1. The Morgan fingerprint density at radius 2 is 1.80 bits per heavy atom. The third kappa shape index (κ3) is 4.51. The highest BCUT2D eigenvalue weighted by Gasteiger charge is 2.35. The minimum Gasteiger partial charge on any atom is -0.481 e. The van der Waals surface area contributed by atoms with Gasteiger partial charge in [-0.1, -0.05) is 30.3 Å². The second-order valence-corrected chi connectivity index (χ2v) is 7.30. The minimum absolute atomic E-state index is 0.0110. The Morgan fingerprint density at radius 1 is 1.16 bits per heavy atom. The molecule has 0 spiro atoms. The van der Waals surface area contributed by atoms with Crippen molar-refractivity contribution in [2.45, 2.75) is 44.3 Å². The van der Waals surface area contributed by atoms with Gasteiger partial charge in [-0.2, -0.15) is 0 Å². The summed E-state index contributed by atoms with van der Waals surface area (Å²) < 4.78 is 0. The molecule has 1 aliphatic carbocycles. The number of hydrogen-bond donors (Lipinski definition) is 2. The van der Waals surface area contributed by atoms with Crippen molar-refractivity contribution in [1.29, 1.82) is 0 Å². The van der Waals surface area contributed by atoms with Gasteiger partial charge in [-0.25, -0.2) is 4.79 Å². The molecule has 25 heavy (non-hydrogen) atoms. The maximum Gasteiger partial charge on any atom is 0.317 e. The van der Waals surface area contributed by atoms with Crippen LogP contribution in [-0.4, -0.2) is 59.1 Å². The van der Waals surface area contributed by atoms with Crippen LogP contribution in [0.15, 0.2) is 30.3 Å². The number of nitrogens with zero attached hydrogens (tertiary/aromatic N) is 2. The highest BCUT2D eigenvalue weighted by Crippen LogP contribution is 2.25. The lowest BCUT2D eigenvalue weighted by molar-refractivity contribution is -0.142. The maximum absolute atomic E-state index is 12.3. The molecule has 0 unspecified atom stereocenters. The summed E-state index contributed by atoms with van der Waals surface area (Å²) in [6.45, 7) is 2.39. The standard InChI is InChI=1S/C19H27N3O3/c1-21(11-14-5-3-2-4-6-14)17-12-22(13-17)19(25)20-16-9-7-15(8-10-16)18(23)24/h2-6,15-17H,7-13H2,1H3,(H,20,25)(H,23,24). The van der Waals surface area contributed by atoms with E-state index in [2.05, 4.69) is 29.4 Å². The van der Waals surface area contributed by atoms with Gasteiger partial charge in [-0.3, -0.25) is 9.69 Å². The number of likely N-dealkylation sites (N-methyl/N-ethyl adjacent to an activating group) is 1. The van der Waals surface area contributed by atoms with Gasteiger partial charge in [0, 0.05) is 31.7 Å². The van der Waals surface area contributed by atoms with E-state index in [0.29, 0.717) is 18.9 Å². The summed E-state index contributed by atoms with van der Waals surface area (Å²) in [6, 6.07) is 10.8. The molecule has 6 nitrogen and oxygen atoms in total.